The predicted molar refractivity (Wildman–Crippen MR) is 152 cm³/mol. The maximum atomic E-state index is 14.1. The molecular formula is C31H46N2O8. The Hall–Kier alpha value is -2.69. The lowest BCUT2D eigenvalue weighted by Gasteiger charge is -2.54. The van der Waals surface area contributed by atoms with Crippen LogP contribution in [0.4, 0.5) is 0 Å². The van der Waals surface area contributed by atoms with E-state index in [0.29, 0.717) is 43.5 Å². The van der Waals surface area contributed by atoms with Gasteiger partial charge in [0.2, 0.25) is 5.78 Å². The number of Topliss-reactive ketones (excluding diaryl/α,β-unsaturated/α-hetero) is 1. The lowest BCUT2D eigenvalue weighted by molar-refractivity contribution is -0.161. The fourth-order valence-electron chi connectivity index (χ4n) is 7.58. The first-order valence-corrected chi connectivity index (χ1v) is 14.9. The van der Waals surface area contributed by atoms with Crippen LogP contribution in [0.5, 0.6) is 0 Å². The van der Waals surface area contributed by atoms with Crippen molar-refractivity contribution in [2.24, 2.45) is 16.7 Å². The summed E-state index contributed by atoms with van der Waals surface area (Å²) in [6.45, 7) is 15.0. The van der Waals surface area contributed by atoms with Crippen molar-refractivity contribution in [2.75, 3.05) is 46.4 Å². The van der Waals surface area contributed by atoms with Crippen molar-refractivity contribution in [1.29, 1.82) is 0 Å². The van der Waals surface area contributed by atoms with Crippen molar-refractivity contribution in [2.45, 2.75) is 79.1 Å². The largest absolute Gasteiger partial charge is 0.504 e. The molecule has 0 spiro atoms. The number of aliphatic hydroxyl groups is 2. The van der Waals surface area contributed by atoms with Crippen LogP contribution >= 0.6 is 0 Å². The number of fused-ring (bicyclic) bond motifs is 4. The Morgan fingerprint density at radius 1 is 1.12 bits per heavy atom. The number of ether oxygens (including phenoxy) is 3. The highest BCUT2D eigenvalue weighted by Gasteiger charge is 2.64. The van der Waals surface area contributed by atoms with E-state index in [9.17, 15) is 24.6 Å². The van der Waals surface area contributed by atoms with Crippen LogP contribution in [0.25, 0.3) is 0 Å². The van der Waals surface area contributed by atoms with Crippen molar-refractivity contribution >= 4 is 17.7 Å². The zero-order chi connectivity index (χ0) is 30.3. The fraction of sp³-hybridized carbons (Fsp3) is 0.710. The summed E-state index contributed by atoms with van der Waals surface area (Å²) in [6.07, 6.45) is 0.622. The van der Waals surface area contributed by atoms with Gasteiger partial charge in [-0.25, -0.2) is 4.79 Å². The second-order valence-corrected chi connectivity index (χ2v) is 12.1. The van der Waals surface area contributed by atoms with Gasteiger partial charge in [0.05, 0.1) is 23.7 Å². The molecule has 4 aliphatic rings. The number of nitrogens with zero attached hydrogens (tertiary/aromatic N) is 2. The molecule has 0 aromatic carbocycles. The molecule has 0 amide bonds. The number of rotatable bonds is 10. The molecule has 10 heteroatoms. The summed E-state index contributed by atoms with van der Waals surface area (Å²) < 4.78 is 17.4. The molecule has 41 heavy (non-hydrogen) atoms. The third-order valence-corrected chi connectivity index (χ3v) is 9.97. The summed E-state index contributed by atoms with van der Waals surface area (Å²) in [6, 6.07) is 0. The number of cyclic esters (lactones) is 1. The smallest absolute Gasteiger partial charge is 0.340 e. The van der Waals surface area contributed by atoms with E-state index in [-0.39, 0.29) is 23.7 Å². The number of ketones is 1. The van der Waals surface area contributed by atoms with Crippen LogP contribution in [0.15, 0.2) is 34.3 Å². The van der Waals surface area contributed by atoms with Gasteiger partial charge in [0.15, 0.2) is 5.76 Å². The summed E-state index contributed by atoms with van der Waals surface area (Å²) in [5.74, 6) is -2.60. The van der Waals surface area contributed by atoms with Crippen molar-refractivity contribution in [3.63, 3.8) is 0 Å². The predicted octanol–water partition coefficient (Wildman–Crippen LogP) is 2.92. The van der Waals surface area contributed by atoms with Gasteiger partial charge in [0, 0.05) is 56.4 Å². The molecule has 2 N–H and O–H groups in total. The summed E-state index contributed by atoms with van der Waals surface area (Å²) in [4.78, 5) is 44.3. The third kappa shape index (κ3) is 5.12. The van der Waals surface area contributed by atoms with Crippen LogP contribution in [0.1, 0.15) is 60.8 Å². The maximum Gasteiger partial charge on any atom is 0.340 e. The van der Waals surface area contributed by atoms with Crippen molar-refractivity contribution in [3.05, 3.63) is 34.3 Å². The summed E-state index contributed by atoms with van der Waals surface area (Å²) in [5, 5.41) is 22.7. The van der Waals surface area contributed by atoms with E-state index >= 15 is 0 Å². The number of likely N-dealkylation sites (N-methyl/N-ethyl adjacent to an activating group) is 2. The molecular weight excluding hydrogens is 528 g/mol. The zero-order valence-electron chi connectivity index (χ0n) is 25.5. The van der Waals surface area contributed by atoms with E-state index in [1.54, 1.807) is 6.20 Å². The molecule has 228 valence electrons. The lowest BCUT2D eigenvalue weighted by atomic mass is 9.53. The second-order valence-electron chi connectivity index (χ2n) is 12.1. The first kappa shape index (κ1) is 31.3. The van der Waals surface area contributed by atoms with Gasteiger partial charge in [-0.05, 0) is 57.7 Å². The Bertz CT molecular complexity index is 1170. The van der Waals surface area contributed by atoms with E-state index in [4.69, 9.17) is 14.2 Å². The molecule has 0 aromatic rings. The first-order valence-electron chi connectivity index (χ1n) is 14.9. The molecule has 3 aliphatic carbocycles. The molecule has 0 unspecified atom stereocenters. The minimum atomic E-state index is -1.21. The molecule has 4 rings (SSSR count). The molecule has 1 saturated heterocycles. The highest BCUT2D eigenvalue weighted by molar-refractivity contribution is 6.13. The standard InChI is InChI=1S/C31H46N2O8/c1-8-32(9-2)13-14-33(10-3)16-19-25-28(37)27(36)24-20-11-12-22(35)30(20,5)15-21(40-18(4)34)26(24)31(25,6)23(17-39-7)41-29(19)38/h16,20-23,35,37H,8-15,17H2,1-7H3/b19-16+/t20-,21+,22-,23+,30-,31-/m0/s1. The topological polar surface area (TPSA) is 126 Å². The van der Waals surface area contributed by atoms with Crippen molar-refractivity contribution < 1.29 is 38.8 Å². The van der Waals surface area contributed by atoms with Gasteiger partial charge in [-0.3, -0.25) is 9.59 Å². The number of carbonyl (C=O) groups is 3. The number of allylic oxidation sites excluding steroid dienone is 1. The van der Waals surface area contributed by atoms with E-state index in [0.717, 1.165) is 19.6 Å². The van der Waals surface area contributed by atoms with Crippen molar-refractivity contribution in [3.8, 4) is 0 Å². The highest BCUT2D eigenvalue weighted by Crippen LogP contribution is 2.63. The van der Waals surface area contributed by atoms with Crippen molar-refractivity contribution in [1.82, 2.24) is 9.80 Å². The Balaban J connectivity index is 1.91. The third-order valence-electron chi connectivity index (χ3n) is 9.97. The van der Waals surface area contributed by atoms with E-state index in [2.05, 4.69) is 18.7 Å². The molecule has 1 aliphatic heterocycles. The monoisotopic (exact) mass is 574 g/mol. The molecule has 10 nitrogen and oxygen atoms in total. The number of methoxy groups -OCH3 is 1. The van der Waals surface area contributed by atoms with E-state index < -0.39 is 52.6 Å². The van der Waals surface area contributed by atoms with Gasteiger partial charge in [0.1, 0.15) is 12.2 Å². The average Bonchev–Trinajstić information content (AvgIpc) is 3.22. The summed E-state index contributed by atoms with van der Waals surface area (Å²) in [5.41, 5.74) is -0.741. The molecule has 0 bridgehead atoms. The molecule has 1 saturated carbocycles. The Kier molecular flexibility index (Phi) is 9.07. The molecule has 0 radical (unpaired) electrons. The van der Waals surface area contributed by atoms with E-state index in [1.165, 1.54) is 14.0 Å². The van der Waals surface area contributed by atoms with Gasteiger partial charge < -0.3 is 34.2 Å². The average molecular weight is 575 g/mol. The summed E-state index contributed by atoms with van der Waals surface area (Å²) >= 11 is 0. The number of carbonyl (C=O) groups excluding carboxylic acids is 3. The minimum Gasteiger partial charge on any atom is -0.504 e. The molecule has 0 aromatic heterocycles. The SMILES string of the molecule is CCN(/C=C1/C(=O)O[C@H](COC)[C@@]2(C)C1=C(O)C(=O)C1=C2[C@H](OC(C)=O)C[C@]2(C)[C@@H](O)CC[C@@H]12)CCN(CC)CC. The lowest BCUT2D eigenvalue weighted by Crippen LogP contribution is -2.57. The zero-order valence-corrected chi connectivity index (χ0v) is 25.5. The fourth-order valence-corrected chi connectivity index (χ4v) is 7.58. The number of aliphatic hydroxyl groups excluding tert-OH is 2. The maximum absolute atomic E-state index is 14.1. The van der Waals surface area contributed by atoms with Crippen LogP contribution in [0.2, 0.25) is 0 Å². The first-order chi connectivity index (χ1) is 19.4. The molecule has 1 heterocycles. The van der Waals surface area contributed by atoms with Gasteiger partial charge in [-0.2, -0.15) is 0 Å². The Labute approximate surface area is 243 Å². The summed E-state index contributed by atoms with van der Waals surface area (Å²) in [7, 11) is 1.50. The molecule has 6 atom stereocenters. The van der Waals surface area contributed by atoms with Gasteiger partial charge >= 0.3 is 11.9 Å². The van der Waals surface area contributed by atoms with E-state index in [1.807, 2.05) is 25.7 Å². The number of esters is 2. The van der Waals surface area contributed by atoms with Gasteiger partial charge in [-0.1, -0.05) is 20.8 Å². The highest BCUT2D eigenvalue weighted by atomic mass is 16.6. The van der Waals surface area contributed by atoms with Crippen LogP contribution in [-0.2, 0) is 28.6 Å². The van der Waals surface area contributed by atoms with Crippen LogP contribution < -0.4 is 0 Å². The minimum absolute atomic E-state index is 0.00801. The number of hydrogen-bond acceptors (Lipinski definition) is 10. The quantitative estimate of drug-likeness (QED) is 0.297. The van der Waals surface area contributed by atoms with Gasteiger partial charge in [-0.15, -0.1) is 0 Å². The van der Waals surface area contributed by atoms with Crippen LogP contribution in [-0.4, -0.2) is 102 Å². The Morgan fingerprint density at radius 3 is 2.39 bits per heavy atom. The normalized spacial score (nSPS) is 34.0. The van der Waals surface area contributed by atoms with Crippen LogP contribution in [0, 0.1) is 16.7 Å². The second kappa shape index (κ2) is 11.9. The van der Waals surface area contributed by atoms with Crippen LogP contribution in [0.3, 0.4) is 0 Å². The molecule has 2 fully saturated rings. The number of hydrogen-bond donors (Lipinski definition) is 2. The Morgan fingerprint density at radius 2 is 1.80 bits per heavy atom. The van der Waals surface area contributed by atoms with Gasteiger partial charge in [0.25, 0.3) is 0 Å².